The van der Waals surface area contributed by atoms with Crippen LogP contribution in [0.5, 0.6) is 0 Å². The first-order valence-electron chi connectivity index (χ1n) is 7.32. The molecule has 2 aliphatic heterocycles. The van der Waals surface area contributed by atoms with E-state index in [0.717, 1.165) is 25.9 Å². The number of hydrogen-bond acceptors (Lipinski definition) is 3. The van der Waals surface area contributed by atoms with Crippen LogP contribution < -0.4 is 0 Å². The van der Waals surface area contributed by atoms with E-state index >= 15 is 0 Å². The lowest BCUT2D eigenvalue weighted by Gasteiger charge is -2.39. The largest absolute Gasteiger partial charge is 0.392 e. The third-order valence-corrected chi connectivity index (χ3v) is 4.53. The molecule has 0 aromatic heterocycles. The van der Waals surface area contributed by atoms with Crippen molar-refractivity contribution in [3.05, 3.63) is 35.6 Å². The summed E-state index contributed by atoms with van der Waals surface area (Å²) < 4.78 is 25.0. The number of benzene rings is 1. The first-order valence-corrected chi connectivity index (χ1v) is 7.32. The van der Waals surface area contributed by atoms with E-state index in [1.807, 2.05) is 0 Å². The standard InChI is InChI=1S/C16H21FO3/c17-14-4-2-1-3-12(14)9-15(18)13-5-7-20-16(10-13)6-8-19-11-16/h1-4,13,15,18H,5-11H2. The van der Waals surface area contributed by atoms with Crippen molar-refractivity contribution in [1.82, 2.24) is 0 Å². The molecule has 3 rings (SSSR count). The van der Waals surface area contributed by atoms with Gasteiger partial charge in [-0.05, 0) is 30.4 Å². The summed E-state index contributed by atoms with van der Waals surface area (Å²) in [4.78, 5) is 0. The van der Waals surface area contributed by atoms with Crippen LogP contribution in [-0.2, 0) is 15.9 Å². The fourth-order valence-corrected chi connectivity index (χ4v) is 3.31. The molecule has 2 heterocycles. The minimum absolute atomic E-state index is 0.157. The SMILES string of the molecule is OC(Cc1ccccc1F)C1CCOC2(CCOC2)C1. The highest BCUT2D eigenvalue weighted by Crippen LogP contribution is 2.37. The molecule has 3 unspecified atom stereocenters. The maximum absolute atomic E-state index is 13.7. The minimum Gasteiger partial charge on any atom is -0.392 e. The highest BCUT2D eigenvalue weighted by molar-refractivity contribution is 5.18. The van der Waals surface area contributed by atoms with Gasteiger partial charge in [0.1, 0.15) is 5.82 Å². The predicted molar refractivity (Wildman–Crippen MR) is 73.0 cm³/mol. The number of halogens is 1. The molecular weight excluding hydrogens is 259 g/mol. The van der Waals surface area contributed by atoms with Crippen LogP contribution in [0.3, 0.4) is 0 Å². The van der Waals surface area contributed by atoms with E-state index < -0.39 is 6.10 Å². The molecule has 0 radical (unpaired) electrons. The summed E-state index contributed by atoms with van der Waals surface area (Å²) in [6, 6.07) is 6.66. The molecule has 3 atom stereocenters. The lowest BCUT2D eigenvalue weighted by molar-refractivity contribution is -0.116. The second-order valence-corrected chi connectivity index (χ2v) is 5.95. The summed E-state index contributed by atoms with van der Waals surface area (Å²) in [5.74, 6) is -0.0809. The molecule has 2 aliphatic rings. The van der Waals surface area contributed by atoms with Crippen molar-refractivity contribution in [2.45, 2.75) is 37.4 Å². The Bertz CT molecular complexity index is 457. The molecule has 0 aliphatic carbocycles. The molecule has 1 aromatic carbocycles. The Morgan fingerprint density at radius 2 is 2.20 bits per heavy atom. The molecule has 1 N–H and O–H groups in total. The second-order valence-electron chi connectivity index (χ2n) is 5.95. The molecule has 0 bridgehead atoms. The molecule has 0 amide bonds. The van der Waals surface area contributed by atoms with E-state index in [4.69, 9.17) is 9.47 Å². The van der Waals surface area contributed by atoms with Gasteiger partial charge in [0.2, 0.25) is 0 Å². The summed E-state index contributed by atoms with van der Waals surface area (Å²) >= 11 is 0. The topological polar surface area (TPSA) is 38.7 Å². The lowest BCUT2D eigenvalue weighted by Crippen LogP contribution is -2.44. The summed E-state index contributed by atoms with van der Waals surface area (Å²) in [7, 11) is 0. The third-order valence-electron chi connectivity index (χ3n) is 4.53. The van der Waals surface area contributed by atoms with Gasteiger partial charge in [0.25, 0.3) is 0 Å². The van der Waals surface area contributed by atoms with Crippen molar-refractivity contribution >= 4 is 0 Å². The molecule has 0 saturated carbocycles. The van der Waals surface area contributed by atoms with E-state index in [2.05, 4.69) is 0 Å². The molecule has 1 aromatic rings. The molecule has 4 heteroatoms. The third kappa shape index (κ3) is 2.87. The normalized spacial score (nSPS) is 31.6. The maximum atomic E-state index is 13.7. The smallest absolute Gasteiger partial charge is 0.126 e. The zero-order valence-electron chi connectivity index (χ0n) is 11.6. The predicted octanol–water partition coefficient (Wildman–Crippen LogP) is 2.31. The van der Waals surface area contributed by atoms with Crippen molar-refractivity contribution in [3.63, 3.8) is 0 Å². The highest BCUT2D eigenvalue weighted by Gasteiger charge is 2.42. The molecule has 110 valence electrons. The van der Waals surface area contributed by atoms with Crippen molar-refractivity contribution < 1.29 is 19.0 Å². The summed E-state index contributed by atoms with van der Waals surface area (Å²) in [6.45, 7) is 2.01. The van der Waals surface area contributed by atoms with Gasteiger partial charge >= 0.3 is 0 Å². The van der Waals surface area contributed by atoms with E-state index in [1.165, 1.54) is 6.07 Å². The number of aliphatic hydroxyl groups excluding tert-OH is 1. The van der Waals surface area contributed by atoms with Gasteiger partial charge in [-0.2, -0.15) is 0 Å². The van der Waals surface area contributed by atoms with E-state index in [0.29, 0.717) is 25.2 Å². The van der Waals surface area contributed by atoms with Crippen LogP contribution in [0.15, 0.2) is 24.3 Å². The monoisotopic (exact) mass is 280 g/mol. The molecule has 3 nitrogen and oxygen atoms in total. The van der Waals surface area contributed by atoms with Gasteiger partial charge in [0, 0.05) is 26.1 Å². The average Bonchev–Trinajstić information content (AvgIpc) is 2.89. The average molecular weight is 280 g/mol. The molecule has 20 heavy (non-hydrogen) atoms. The Balaban J connectivity index is 1.65. The Labute approximate surface area is 118 Å². The number of ether oxygens (including phenoxy) is 2. The minimum atomic E-state index is -0.520. The molecule has 2 saturated heterocycles. The number of hydrogen-bond donors (Lipinski definition) is 1. The summed E-state index contributed by atoms with van der Waals surface area (Å²) in [6.07, 6.45) is 2.39. The van der Waals surface area contributed by atoms with Gasteiger partial charge in [-0.25, -0.2) is 4.39 Å². The van der Waals surface area contributed by atoms with Crippen LogP contribution in [0.1, 0.15) is 24.8 Å². The van der Waals surface area contributed by atoms with Gasteiger partial charge in [-0.3, -0.25) is 0 Å². The zero-order valence-corrected chi connectivity index (χ0v) is 11.6. The maximum Gasteiger partial charge on any atom is 0.126 e. The molecular formula is C16H21FO3. The van der Waals surface area contributed by atoms with Crippen LogP contribution in [0.25, 0.3) is 0 Å². The highest BCUT2D eigenvalue weighted by atomic mass is 19.1. The zero-order chi connectivity index (χ0) is 14.0. The lowest BCUT2D eigenvalue weighted by atomic mass is 9.80. The van der Waals surface area contributed by atoms with Crippen molar-refractivity contribution in [1.29, 1.82) is 0 Å². The molecule has 2 fully saturated rings. The Morgan fingerprint density at radius 3 is 2.95 bits per heavy atom. The van der Waals surface area contributed by atoms with Crippen LogP contribution in [0, 0.1) is 11.7 Å². The fraction of sp³-hybridized carbons (Fsp3) is 0.625. The Hall–Kier alpha value is -0.970. The van der Waals surface area contributed by atoms with Crippen molar-refractivity contribution in [2.24, 2.45) is 5.92 Å². The van der Waals surface area contributed by atoms with E-state index in [-0.39, 0.29) is 17.3 Å². The summed E-state index contributed by atoms with van der Waals surface area (Å²) in [5, 5.41) is 10.4. The van der Waals surface area contributed by atoms with Crippen LogP contribution in [-0.4, -0.2) is 36.6 Å². The van der Waals surface area contributed by atoms with Gasteiger partial charge in [0.15, 0.2) is 0 Å². The number of rotatable bonds is 3. The Kier molecular flexibility index (Phi) is 4.06. The van der Waals surface area contributed by atoms with Crippen molar-refractivity contribution in [3.8, 4) is 0 Å². The van der Waals surface area contributed by atoms with Crippen LogP contribution >= 0.6 is 0 Å². The van der Waals surface area contributed by atoms with Gasteiger partial charge in [0.05, 0.1) is 18.3 Å². The van der Waals surface area contributed by atoms with E-state index in [9.17, 15) is 9.50 Å². The first-order chi connectivity index (χ1) is 9.69. The fourth-order valence-electron chi connectivity index (χ4n) is 3.31. The summed E-state index contributed by atoms with van der Waals surface area (Å²) in [5.41, 5.74) is 0.377. The van der Waals surface area contributed by atoms with Gasteiger partial charge in [-0.1, -0.05) is 18.2 Å². The first kappa shape index (κ1) is 14.0. The van der Waals surface area contributed by atoms with Gasteiger partial charge < -0.3 is 14.6 Å². The Morgan fingerprint density at radius 1 is 1.35 bits per heavy atom. The quantitative estimate of drug-likeness (QED) is 0.923. The van der Waals surface area contributed by atoms with Crippen LogP contribution in [0.2, 0.25) is 0 Å². The van der Waals surface area contributed by atoms with Crippen molar-refractivity contribution in [2.75, 3.05) is 19.8 Å². The second kappa shape index (κ2) is 5.80. The van der Waals surface area contributed by atoms with E-state index in [1.54, 1.807) is 18.2 Å². The number of aliphatic hydroxyl groups is 1. The molecule has 1 spiro atoms. The van der Waals surface area contributed by atoms with Crippen LogP contribution in [0.4, 0.5) is 4.39 Å². The van der Waals surface area contributed by atoms with Gasteiger partial charge in [-0.15, -0.1) is 0 Å².